The van der Waals surface area contributed by atoms with E-state index in [2.05, 4.69) is 10.3 Å². The molecule has 1 aliphatic heterocycles. The molecule has 2 atom stereocenters. The van der Waals surface area contributed by atoms with Crippen LogP contribution < -0.4 is 5.32 Å². The van der Waals surface area contributed by atoms with Gasteiger partial charge in [-0.05, 0) is 36.9 Å². The van der Waals surface area contributed by atoms with Gasteiger partial charge in [0.1, 0.15) is 17.6 Å². The van der Waals surface area contributed by atoms with Gasteiger partial charge in [0.25, 0.3) is 0 Å². The number of aromatic nitrogens is 1. The minimum absolute atomic E-state index is 0.0214. The molecule has 0 aliphatic carbocycles. The van der Waals surface area contributed by atoms with E-state index >= 15 is 0 Å². The number of hydrogen-bond acceptors (Lipinski definition) is 5. The number of fused-ring (bicyclic) bond motifs is 1. The number of rotatable bonds is 5. The van der Waals surface area contributed by atoms with Crippen molar-refractivity contribution >= 4 is 34.3 Å². The summed E-state index contributed by atoms with van der Waals surface area (Å²) in [5, 5.41) is 4.92. The summed E-state index contributed by atoms with van der Waals surface area (Å²) in [4.78, 5) is 32.1. The third-order valence-electron chi connectivity index (χ3n) is 4.58. The minimum Gasteiger partial charge on any atom is -0.438 e. The lowest BCUT2D eigenvalue weighted by Crippen LogP contribution is -2.44. The standard InChI is InChI=1S/C19H19N3O3S/c1-12(19-21-14-6-2-3-7-16(14)25-19)20-18(24)15-8-9-17(23)22(15)11-13-5-4-10-26-13/h2-7,10,12,15H,8-9,11H2,1H3,(H,20,24). The molecule has 0 bridgehead atoms. The van der Waals surface area contributed by atoms with E-state index in [1.165, 1.54) is 0 Å². The molecule has 4 rings (SSSR count). The van der Waals surface area contributed by atoms with Gasteiger partial charge in [0, 0.05) is 11.3 Å². The van der Waals surface area contributed by atoms with Gasteiger partial charge in [-0.25, -0.2) is 4.98 Å². The molecule has 1 saturated heterocycles. The van der Waals surface area contributed by atoms with E-state index in [0.717, 1.165) is 10.4 Å². The second-order valence-electron chi connectivity index (χ2n) is 6.41. The van der Waals surface area contributed by atoms with Crippen LogP contribution in [0.15, 0.2) is 46.2 Å². The van der Waals surface area contributed by atoms with E-state index in [-0.39, 0.29) is 17.9 Å². The van der Waals surface area contributed by atoms with Crippen molar-refractivity contribution in [2.24, 2.45) is 0 Å². The Bertz CT molecular complexity index is 902. The van der Waals surface area contributed by atoms with Crippen LogP contribution in [0.1, 0.15) is 36.6 Å². The van der Waals surface area contributed by atoms with Crippen molar-refractivity contribution in [3.8, 4) is 0 Å². The molecule has 0 spiro atoms. The Hall–Kier alpha value is -2.67. The van der Waals surface area contributed by atoms with E-state index in [9.17, 15) is 9.59 Å². The predicted molar refractivity (Wildman–Crippen MR) is 98.5 cm³/mol. The lowest BCUT2D eigenvalue weighted by atomic mass is 10.2. The summed E-state index contributed by atoms with van der Waals surface area (Å²) in [5.74, 6) is 0.323. The van der Waals surface area contributed by atoms with E-state index in [0.29, 0.717) is 30.9 Å². The number of hydrogen-bond donors (Lipinski definition) is 1. The van der Waals surface area contributed by atoms with Crippen molar-refractivity contribution in [3.63, 3.8) is 0 Å². The average molecular weight is 369 g/mol. The second kappa shape index (κ2) is 6.92. The molecule has 6 nitrogen and oxygen atoms in total. The van der Waals surface area contributed by atoms with E-state index < -0.39 is 6.04 Å². The predicted octanol–water partition coefficient (Wildman–Crippen LogP) is 3.26. The van der Waals surface area contributed by atoms with Crippen LogP contribution in [0, 0.1) is 0 Å². The van der Waals surface area contributed by atoms with E-state index in [1.54, 1.807) is 16.2 Å². The molecule has 2 amide bonds. The van der Waals surface area contributed by atoms with Crippen molar-refractivity contribution in [2.45, 2.75) is 38.4 Å². The van der Waals surface area contributed by atoms with Crippen LogP contribution in [0.25, 0.3) is 11.1 Å². The number of carbonyl (C=O) groups excluding carboxylic acids is 2. The van der Waals surface area contributed by atoms with Crippen LogP contribution in [0.2, 0.25) is 0 Å². The Morgan fingerprint density at radius 2 is 2.23 bits per heavy atom. The number of benzene rings is 1. The highest BCUT2D eigenvalue weighted by Gasteiger charge is 2.36. The van der Waals surface area contributed by atoms with Crippen molar-refractivity contribution < 1.29 is 14.0 Å². The van der Waals surface area contributed by atoms with Crippen LogP contribution in [0.4, 0.5) is 0 Å². The molecule has 26 heavy (non-hydrogen) atoms. The fraction of sp³-hybridized carbons (Fsp3) is 0.316. The van der Waals surface area contributed by atoms with Crippen molar-refractivity contribution in [1.82, 2.24) is 15.2 Å². The highest BCUT2D eigenvalue weighted by atomic mass is 32.1. The third-order valence-corrected chi connectivity index (χ3v) is 5.44. The van der Waals surface area contributed by atoms with Gasteiger partial charge >= 0.3 is 0 Å². The lowest BCUT2D eigenvalue weighted by Gasteiger charge is -2.24. The molecule has 134 valence electrons. The normalized spacial score (nSPS) is 18.4. The SMILES string of the molecule is CC(NC(=O)C1CCC(=O)N1Cc1cccs1)c1nc2ccccc2o1. The molecule has 1 aromatic carbocycles. The molecular weight excluding hydrogens is 350 g/mol. The summed E-state index contributed by atoms with van der Waals surface area (Å²) < 4.78 is 5.72. The van der Waals surface area contributed by atoms with Gasteiger partial charge < -0.3 is 14.6 Å². The van der Waals surface area contributed by atoms with Crippen molar-refractivity contribution in [2.75, 3.05) is 0 Å². The number of thiophene rings is 1. The average Bonchev–Trinajstić information content (AvgIpc) is 3.36. The van der Waals surface area contributed by atoms with Crippen LogP contribution in [0.5, 0.6) is 0 Å². The number of likely N-dealkylation sites (tertiary alicyclic amines) is 1. The molecule has 3 aromatic rings. The fourth-order valence-corrected chi connectivity index (χ4v) is 3.92. The third kappa shape index (κ3) is 3.22. The zero-order valence-corrected chi connectivity index (χ0v) is 15.2. The first-order chi connectivity index (χ1) is 12.6. The smallest absolute Gasteiger partial charge is 0.243 e. The van der Waals surface area contributed by atoms with E-state index in [4.69, 9.17) is 4.42 Å². The molecule has 0 radical (unpaired) electrons. The number of nitrogens with zero attached hydrogens (tertiary/aromatic N) is 2. The van der Waals surface area contributed by atoms with Gasteiger partial charge in [-0.1, -0.05) is 18.2 Å². The van der Waals surface area contributed by atoms with Gasteiger partial charge in [-0.15, -0.1) is 11.3 Å². The number of oxazole rings is 1. The summed E-state index contributed by atoms with van der Waals surface area (Å²) in [6.07, 6.45) is 0.942. The molecule has 1 fully saturated rings. The Labute approximate surface area is 154 Å². The molecule has 2 aromatic heterocycles. The zero-order valence-electron chi connectivity index (χ0n) is 14.3. The Morgan fingerprint density at radius 1 is 1.38 bits per heavy atom. The maximum absolute atomic E-state index is 12.8. The first kappa shape index (κ1) is 16.8. The maximum Gasteiger partial charge on any atom is 0.243 e. The fourth-order valence-electron chi connectivity index (χ4n) is 3.22. The van der Waals surface area contributed by atoms with Gasteiger partial charge in [0.2, 0.25) is 17.7 Å². The topological polar surface area (TPSA) is 75.4 Å². The van der Waals surface area contributed by atoms with Crippen LogP contribution in [0.3, 0.4) is 0 Å². The summed E-state index contributed by atoms with van der Waals surface area (Å²) >= 11 is 1.59. The van der Waals surface area contributed by atoms with Gasteiger partial charge in [0.05, 0.1) is 6.54 Å². The Morgan fingerprint density at radius 3 is 3.00 bits per heavy atom. The Balaban J connectivity index is 1.46. The molecule has 7 heteroatoms. The van der Waals surface area contributed by atoms with Crippen molar-refractivity contribution in [3.05, 3.63) is 52.5 Å². The highest BCUT2D eigenvalue weighted by molar-refractivity contribution is 7.09. The second-order valence-corrected chi connectivity index (χ2v) is 7.44. The van der Waals surface area contributed by atoms with Gasteiger partial charge in [-0.3, -0.25) is 9.59 Å². The maximum atomic E-state index is 12.8. The summed E-state index contributed by atoms with van der Waals surface area (Å²) in [6.45, 7) is 2.31. The van der Waals surface area contributed by atoms with Gasteiger partial charge in [0.15, 0.2) is 5.58 Å². The zero-order chi connectivity index (χ0) is 18.1. The van der Waals surface area contributed by atoms with Crippen LogP contribution >= 0.6 is 11.3 Å². The molecule has 2 unspecified atom stereocenters. The van der Waals surface area contributed by atoms with Gasteiger partial charge in [-0.2, -0.15) is 0 Å². The highest BCUT2D eigenvalue weighted by Crippen LogP contribution is 2.25. The summed E-state index contributed by atoms with van der Waals surface area (Å²) in [5.41, 5.74) is 1.46. The number of amides is 2. The quantitative estimate of drug-likeness (QED) is 0.749. The first-order valence-electron chi connectivity index (χ1n) is 8.59. The largest absolute Gasteiger partial charge is 0.438 e. The molecular formula is C19H19N3O3S. The summed E-state index contributed by atoms with van der Waals surface area (Å²) in [7, 11) is 0. The van der Waals surface area contributed by atoms with Crippen molar-refractivity contribution in [1.29, 1.82) is 0 Å². The van der Waals surface area contributed by atoms with E-state index in [1.807, 2.05) is 48.7 Å². The molecule has 1 aliphatic rings. The Kier molecular flexibility index (Phi) is 4.46. The minimum atomic E-state index is -0.448. The number of nitrogens with one attached hydrogen (secondary N) is 1. The number of carbonyl (C=O) groups is 2. The van der Waals surface area contributed by atoms with Crippen LogP contribution in [-0.2, 0) is 16.1 Å². The first-order valence-corrected chi connectivity index (χ1v) is 9.47. The molecule has 0 saturated carbocycles. The lowest BCUT2D eigenvalue weighted by molar-refractivity contribution is -0.136. The number of para-hydroxylation sites is 2. The van der Waals surface area contributed by atoms with Crippen LogP contribution in [-0.4, -0.2) is 27.7 Å². The molecule has 3 heterocycles. The monoisotopic (exact) mass is 369 g/mol. The summed E-state index contributed by atoms with van der Waals surface area (Å²) in [6, 6.07) is 10.6. The molecule has 1 N–H and O–H groups in total.